The van der Waals surface area contributed by atoms with E-state index in [9.17, 15) is 5.11 Å². The number of fused-ring (bicyclic) bond motifs is 1. The van der Waals surface area contributed by atoms with Crippen molar-refractivity contribution in [3.63, 3.8) is 0 Å². The van der Waals surface area contributed by atoms with E-state index in [4.69, 9.17) is 9.97 Å². The van der Waals surface area contributed by atoms with Crippen LogP contribution in [0.4, 0.5) is 5.82 Å². The molecule has 1 saturated heterocycles. The van der Waals surface area contributed by atoms with Crippen molar-refractivity contribution >= 4 is 16.7 Å². The van der Waals surface area contributed by atoms with E-state index in [1.165, 1.54) is 18.4 Å². The van der Waals surface area contributed by atoms with Crippen molar-refractivity contribution in [3.05, 3.63) is 48.0 Å². The summed E-state index contributed by atoms with van der Waals surface area (Å²) in [5.74, 6) is 2.52. The van der Waals surface area contributed by atoms with Gasteiger partial charge in [-0.2, -0.15) is 0 Å². The number of rotatable bonds is 3. The number of anilines is 1. The van der Waals surface area contributed by atoms with E-state index in [0.29, 0.717) is 11.4 Å². The Morgan fingerprint density at radius 1 is 1.16 bits per heavy atom. The largest absolute Gasteiger partial charge is 0.507 e. The molecule has 0 amide bonds. The molecule has 0 bridgehead atoms. The molecule has 1 fully saturated rings. The average Bonchev–Trinajstić information content (AvgIpc) is 3.10. The molecule has 1 aliphatic rings. The summed E-state index contributed by atoms with van der Waals surface area (Å²) in [6, 6.07) is 13.6. The third kappa shape index (κ3) is 2.93. The number of benzene rings is 2. The molecule has 0 aliphatic carbocycles. The molecular weight excluding hydrogens is 310 g/mol. The molecular formula is C21H23N3O. The molecule has 2 heterocycles. The second-order valence-electron chi connectivity index (χ2n) is 6.92. The molecule has 2 aromatic carbocycles. The number of nitrogens with zero attached hydrogens (tertiary/aromatic N) is 3. The fraction of sp³-hybridized carbons (Fsp3) is 0.333. The summed E-state index contributed by atoms with van der Waals surface area (Å²) in [6.07, 6.45) is 2.41. The molecule has 0 radical (unpaired) electrons. The molecule has 4 rings (SSSR count). The number of phenolic OH excluding ortho intramolecular Hbond substituents is 1. The van der Waals surface area contributed by atoms with Gasteiger partial charge in [-0.25, -0.2) is 9.97 Å². The van der Waals surface area contributed by atoms with Crippen LogP contribution in [0.25, 0.3) is 22.3 Å². The van der Waals surface area contributed by atoms with Gasteiger partial charge in [-0.3, -0.25) is 0 Å². The Bertz CT molecular complexity index is 922. The summed E-state index contributed by atoms with van der Waals surface area (Å²) in [4.78, 5) is 12.0. The molecule has 4 heteroatoms. The van der Waals surface area contributed by atoms with Crippen molar-refractivity contribution in [2.24, 2.45) is 5.92 Å². The van der Waals surface area contributed by atoms with Crippen LogP contribution in [0.5, 0.6) is 5.75 Å². The highest BCUT2D eigenvalue weighted by molar-refractivity contribution is 5.92. The molecule has 128 valence electrons. The zero-order valence-corrected chi connectivity index (χ0v) is 14.7. The predicted molar refractivity (Wildman–Crippen MR) is 102 cm³/mol. The highest BCUT2D eigenvalue weighted by Gasteiger charge is 2.24. The van der Waals surface area contributed by atoms with Gasteiger partial charge in [-0.15, -0.1) is 0 Å². The van der Waals surface area contributed by atoms with Crippen molar-refractivity contribution in [3.8, 4) is 17.1 Å². The molecule has 0 spiro atoms. The SMILES string of the molecule is CC[C@@H]1CCN(c2nc(-c3ccccc3O)nc3cc(C)ccc23)C1. The first-order valence-corrected chi connectivity index (χ1v) is 8.97. The Balaban J connectivity index is 1.90. The molecule has 0 saturated carbocycles. The highest BCUT2D eigenvalue weighted by atomic mass is 16.3. The van der Waals surface area contributed by atoms with Crippen molar-refractivity contribution in [2.75, 3.05) is 18.0 Å². The van der Waals surface area contributed by atoms with Gasteiger partial charge in [-0.05, 0) is 49.1 Å². The van der Waals surface area contributed by atoms with E-state index >= 15 is 0 Å². The summed E-state index contributed by atoms with van der Waals surface area (Å²) in [5.41, 5.74) is 2.79. The summed E-state index contributed by atoms with van der Waals surface area (Å²) in [5, 5.41) is 11.3. The minimum absolute atomic E-state index is 0.216. The van der Waals surface area contributed by atoms with Crippen molar-refractivity contribution in [1.82, 2.24) is 9.97 Å². The molecule has 4 nitrogen and oxygen atoms in total. The van der Waals surface area contributed by atoms with Crippen LogP contribution >= 0.6 is 0 Å². The van der Waals surface area contributed by atoms with Gasteiger partial charge in [-0.1, -0.05) is 31.5 Å². The van der Waals surface area contributed by atoms with E-state index in [1.807, 2.05) is 18.2 Å². The summed E-state index contributed by atoms with van der Waals surface area (Å²) >= 11 is 0. The second-order valence-corrected chi connectivity index (χ2v) is 6.92. The number of phenols is 1. The minimum atomic E-state index is 0.216. The lowest BCUT2D eigenvalue weighted by Gasteiger charge is -2.20. The number of aromatic nitrogens is 2. The highest BCUT2D eigenvalue weighted by Crippen LogP contribution is 2.34. The van der Waals surface area contributed by atoms with Gasteiger partial charge in [0.1, 0.15) is 11.6 Å². The van der Waals surface area contributed by atoms with Gasteiger partial charge in [0.05, 0.1) is 11.1 Å². The summed E-state index contributed by atoms with van der Waals surface area (Å²) in [7, 11) is 0. The zero-order chi connectivity index (χ0) is 17.4. The lowest BCUT2D eigenvalue weighted by molar-refractivity contribution is 0.477. The Hall–Kier alpha value is -2.62. The Labute approximate surface area is 148 Å². The predicted octanol–water partition coefficient (Wildman–Crippen LogP) is 4.55. The normalized spacial score (nSPS) is 17.4. The first-order chi connectivity index (χ1) is 12.2. The molecule has 1 aromatic heterocycles. The first-order valence-electron chi connectivity index (χ1n) is 8.97. The number of aryl methyl sites for hydroxylation is 1. The smallest absolute Gasteiger partial charge is 0.165 e. The van der Waals surface area contributed by atoms with Gasteiger partial charge in [0.25, 0.3) is 0 Å². The van der Waals surface area contributed by atoms with Crippen LogP contribution in [0.2, 0.25) is 0 Å². The standard InChI is InChI=1S/C21H23N3O/c1-3-15-10-11-24(13-15)21-16-9-8-14(2)12-18(16)22-20(23-21)17-6-4-5-7-19(17)25/h4-9,12,15,25H,3,10-11,13H2,1-2H3/t15-/m1/s1. The Kier molecular flexibility index (Phi) is 4.04. The third-order valence-electron chi connectivity index (χ3n) is 5.14. The van der Waals surface area contributed by atoms with Crippen molar-refractivity contribution in [1.29, 1.82) is 0 Å². The van der Waals surface area contributed by atoms with E-state index in [0.717, 1.165) is 35.7 Å². The Morgan fingerprint density at radius 3 is 2.76 bits per heavy atom. The lowest BCUT2D eigenvalue weighted by atomic mass is 10.1. The van der Waals surface area contributed by atoms with Gasteiger partial charge < -0.3 is 10.0 Å². The molecule has 1 atom stereocenters. The zero-order valence-electron chi connectivity index (χ0n) is 14.7. The lowest BCUT2D eigenvalue weighted by Crippen LogP contribution is -2.21. The van der Waals surface area contributed by atoms with Crippen LogP contribution in [0.3, 0.4) is 0 Å². The number of aromatic hydroxyl groups is 1. The minimum Gasteiger partial charge on any atom is -0.507 e. The van der Waals surface area contributed by atoms with Gasteiger partial charge in [0, 0.05) is 18.5 Å². The van der Waals surface area contributed by atoms with Crippen LogP contribution in [0.15, 0.2) is 42.5 Å². The van der Waals surface area contributed by atoms with Crippen LogP contribution < -0.4 is 4.90 Å². The maximum absolute atomic E-state index is 10.2. The number of hydrogen-bond donors (Lipinski definition) is 1. The van der Waals surface area contributed by atoms with E-state index < -0.39 is 0 Å². The quantitative estimate of drug-likeness (QED) is 0.764. The van der Waals surface area contributed by atoms with Crippen LogP contribution in [0, 0.1) is 12.8 Å². The molecule has 25 heavy (non-hydrogen) atoms. The maximum Gasteiger partial charge on any atom is 0.165 e. The second kappa shape index (κ2) is 6.36. The fourth-order valence-corrected chi connectivity index (χ4v) is 3.61. The van der Waals surface area contributed by atoms with Crippen molar-refractivity contribution in [2.45, 2.75) is 26.7 Å². The topological polar surface area (TPSA) is 49.2 Å². The van der Waals surface area contributed by atoms with Gasteiger partial charge in [0.15, 0.2) is 5.82 Å². The molecule has 1 N–H and O–H groups in total. The van der Waals surface area contributed by atoms with Gasteiger partial charge in [0.2, 0.25) is 0 Å². The summed E-state index contributed by atoms with van der Waals surface area (Å²) in [6.45, 7) is 6.39. The Morgan fingerprint density at radius 2 is 2.00 bits per heavy atom. The molecule has 0 unspecified atom stereocenters. The maximum atomic E-state index is 10.2. The first kappa shape index (κ1) is 15.9. The fourth-order valence-electron chi connectivity index (χ4n) is 3.61. The monoisotopic (exact) mass is 333 g/mol. The van der Waals surface area contributed by atoms with Gasteiger partial charge >= 0.3 is 0 Å². The number of para-hydroxylation sites is 1. The molecule has 1 aliphatic heterocycles. The van der Waals surface area contributed by atoms with Crippen molar-refractivity contribution < 1.29 is 5.11 Å². The van der Waals surface area contributed by atoms with E-state index in [2.05, 4.69) is 36.9 Å². The molecule has 3 aromatic rings. The van der Waals surface area contributed by atoms with Crippen LogP contribution in [0.1, 0.15) is 25.3 Å². The average molecular weight is 333 g/mol. The van der Waals surface area contributed by atoms with E-state index in [-0.39, 0.29) is 5.75 Å². The summed E-state index contributed by atoms with van der Waals surface area (Å²) < 4.78 is 0. The van der Waals surface area contributed by atoms with Crippen LogP contribution in [-0.4, -0.2) is 28.2 Å². The third-order valence-corrected chi connectivity index (χ3v) is 5.14. The number of hydrogen-bond acceptors (Lipinski definition) is 4. The van der Waals surface area contributed by atoms with Crippen LogP contribution in [-0.2, 0) is 0 Å². The van der Waals surface area contributed by atoms with E-state index in [1.54, 1.807) is 6.07 Å².